The summed E-state index contributed by atoms with van der Waals surface area (Å²) in [7, 11) is 1.50. The Kier molecular flexibility index (Phi) is 5.26. The molecule has 1 amide bonds. The van der Waals surface area contributed by atoms with Crippen molar-refractivity contribution in [3.05, 3.63) is 33.3 Å². The van der Waals surface area contributed by atoms with Crippen LogP contribution in [-0.4, -0.2) is 24.6 Å². The fraction of sp³-hybridized carbons (Fsp3) is 0.333. The number of amides is 1. The summed E-state index contributed by atoms with van der Waals surface area (Å²) in [5.41, 5.74) is 1.29. The van der Waals surface area contributed by atoms with Gasteiger partial charge >= 0.3 is 0 Å². The molecule has 1 aromatic heterocycles. The number of methoxy groups -OCH3 is 1. The van der Waals surface area contributed by atoms with Crippen molar-refractivity contribution in [3.8, 4) is 11.5 Å². The van der Waals surface area contributed by atoms with Crippen LogP contribution in [0.2, 0.25) is 5.02 Å². The van der Waals surface area contributed by atoms with Crippen molar-refractivity contribution in [2.45, 2.75) is 20.8 Å². The van der Waals surface area contributed by atoms with Crippen molar-refractivity contribution in [3.63, 3.8) is 0 Å². The van der Waals surface area contributed by atoms with E-state index in [4.69, 9.17) is 21.1 Å². The lowest BCUT2D eigenvalue weighted by Gasteiger charge is -2.12. The number of thiazole rings is 1. The summed E-state index contributed by atoms with van der Waals surface area (Å²) >= 11 is 7.60. The maximum absolute atomic E-state index is 12.3. The second kappa shape index (κ2) is 6.98. The molecule has 0 aliphatic heterocycles. The van der Waals surface area contributed by atoms with Crippen molar-refractivity contribution in [1.29, 1.82) is 0 Å². The zero-order chi connectivity index (χ0) is 16.3. The van der Waals surface area contributed by atoms with Crippen molar-refractivity contribution < 1.29 is 14.3 Å². The quantitative estimate of drug-likeness (QED) is 0.891. The van der Waals surface area contributed by atoms with Gasteiger partial charge in [-0.3, -0.25) is 10.1 Å². The van der Waals surface area contributed by atoms with E-state index in [0.717, 1.165) is 10.6 Å². The van der Waals surface area contributed by atoms with Gasteiger partial charge in [-0.1, -0.05) is 11.6 Å². The van der Waals surface area contributed by atoms with Crippen molar-refractivity contribution in [1.82, 2.24) is 4.98 Å². The Hall–Kier alpha value is -1.79. The number of aromatic nitrogens is 1. The van der Waals surface area contributed by atoms with E-state index in [1.807, 2.05) is 20.8 Å². The number of anilines is 1. The van der Waals surface area contributed by atoms with E-state index in [2.05, 4.69) is 10.3 Å². The number of carbonyl (C=O) groups excluding carboxylic acids is 1. The molecule has 2 rings (SSSR count). The molecule has 0 fully saturated rings. The molecule has 1 N–H and O–H groups in total. The number of rotatable bonds is 5. The molecule has 118 valence electrons. The Morgan fingerprint density at radius 2 is 2.14 bits per heavy atom. The molecule has 0 saturated heterocycles. The molecule has 2 aromatic rings. The average Bonchev–Trinajstić information content (AvgIpc) is 2.79. The number of aryl methyl sites for hydroxylation is 2. The first-order valence-corrected chi connectivity index (χ1v) is 7.91. The second-order valence-corrected chi connectivity index (χ2v) is 6.15. The minimum Gasteiger partial charge on any atom is -0.493 e. The highest BCUT2D eigenvalue weighted by Gasteiger charge is 2.17. The SMILES string of the molecule is CCOc1c(Cl)cc(C(=O)Nc2nc(C)c(C)s2)cc1OC. The van der Waals surface area contributed by atoms with Gasteiger partial charge in [0.15, 0.2) is 16.6 Å². The highest BCUT2D eigenvalue weighted by atomic mass is 35.5. The van der Waals surface area contributed by atoms with Crippen LogP contribution in [-0.2, 0) is 0 Å². The summed E-state index contributed by atoms with van der Waals surface area (Å²) in [6.07, 6.45) is 0. The zero-order valence-corrected chi connectivity index (χ0v) is 14.4. The van der Waals surface area contributed by atoms with E-state index in [1.54, 1.807) is 12.1 Å². The van der Waals surface area contributed by atoms with Gasteiger partial charge < -0.3 is 9.47 Å². The predicted octanol–water partition coefficient (Wildman–Crippen LogP) is 4.07. The summed E-state index contributed by atoms with van der Waals surface area (Å²) in [6.45, 7) is 6.17. The molecule has 0 aliphatic rings. The van der Waals surface area contributed by atoms with Crippen LogP contribution >= 0.6 is 22.9 Å². The molecule has 22 heavy (non-hydrogen) atoms. The van der Waals surface area contributed by atoms with Crippen molar-refractivity contribution in [2.24, 2.45) is 0 Å². The molecule has 0 aliphatic carbocycles. The van der Waals surface area contributed by atoms with Gasteiger partial charge in [-0.15, -0.1) is 11.3 Å². The summed E-state index contributed by atoms with van der Waals surface area (Å²) in [5, 5.41) is 3.65. The Balaban J connectivity index is 2.27. The number of halogens is 1. The summed E-state index contributed by atoms with van der Waals surface area (Å²) in [5.74, 6) is 0.562. The summed E-state index contributed by atoms with van der Waals surface area (Å²) < 4.78 is 10.7. The molecule has 0 radical (unpaired) electrons. The lowest BCUT2D eigenvalue weighted by molar-refractivity contribution is 0.102. The number of hydrogen-bond donors (Lipinski definition) is 1. The largest absolute Gasteiger partial charge is 0.493 e. The van der Waals surface area contributed by atoms with E-state index in [-0.39, 0.29) is 5.91 Å². The van der Waals surface area contributed by atoms with Crippen molar-refractivity contribution >= 4 is 34.0 Å². The van der Waals surface area contributed by atoms with Crippen LogP contribution in [0.3, 0.4) is 0 Å². The van der Waals surface area contributed by atoms with Gasteiger partial charge in [0.25, 0.3) is 5.91 Å². The highest BCUT2D eigenvalue weighted by Crippen LogP contribution is 2.36. The zero-order valence-electron chi connectivity index (χ0n) is 12.8. The first-order chi connectivity index (χ1) is 10.5. The molecule has 0 spiro atoms. The molecule has 0 saturated carbocycles. The van der Waals surface area contributed by atoms with Gasteiger partial charge in [-0.2, -0.15) is 0 Å². The van der Waals surface area contributed by atoms with Crippen LogP contribution in [0.5, 0.6) is 11.5 Å². The average molecular weight is 341 g/mol. The number of nitrogens with zero attached hydrogens (tertiary/aromatic N) is 1. The van der Waals surface area contributed by atoms with Crippen LogP contribution in [0, 0.1) is 13.8 Å². The minimum atomic E-state index is -0.294. The third-order valence-electron chi connectivity index (χ3n) is 3.03. The first kappa shape index (κ1) is 16.6. The summed E-state index contributed by atoms with van der Waals surface area (Å²) in [4.78, 5) is 17.7. The summed E-state index contributed by atoms with van der Waals surface area (Å²) in [6, 6.07) is 3.15. The van der Waals surface area contributed by atoms with Gasteiger partial charge in [0, 0.05) is 10.4 Å². The third kappa shape index (κ3) is 3.51. The maximum atomic E-state index is 12.3. The fourth-order valence-electron chi connectivity index (χ4n) is 1.83. The molecule has 0 atom stereocenters. The maximum Gasteiger partial charge on any atom is 0.257 e. The van der Waals surface area contributed by atoms with Gasteiger partial charge in [-0.05, 0) is 32.9 Å². The fourth-order valence-corrected chi connectivity index (χ4v) is 2.91. The van der Waals surface area contributed by atoms with Gasteiger partial charge in [0.05, 0.1) is 24.4 Å². The molecule has 1 heterocycles. The van der Waals surface area contributed by atoms with E-state index >= 15 is 0 Å². The predicted molar refractivity (Wildman–Crippen MR) is 88.7 cm³/mol. The van der Waals surface area contributed by atoms with Crippen LogP contribution in [0.4, 0.5) is 5.13 Å². The smallest absolute Gasteiger partial charge is 0.257 e. The number of ether oxygens (including phenoxy) is 2. The van der Waals surface area contributed by atoms with E-state index in [0.29, 0.717) is 33.8 Å². The van der Waals surface area contributed by atoms with Gasteiger partial charge in [-0.25, -0.2) is 4.98 Å². The Morgan fingerprint density at radius 1 is 1.41 bits per heavy atom. The molecule has 5 nitrogen and oxygen atoms in total. The van der Waals surface area contributed by atoms with Gasteiger partial charge in [0.2, 0.25) is 0 Å². The Bertz CT molecular complexity index is 681. The number of benzene rings is 1. The Labute approximate surface area is 138 Å². The van der Waals surface area contributed by atoms with Crippen LogP contribution in [0.15, 0.2) is 12.1 Å². The lowest BCUT2D eigenvalue weighted by Crippen LogP contribution is -2.12. The van der Waals surface area contributed by atoms with Gasteiger partial charge in [0.1, 0.15) is 0 Å². The van der Waals surface area contributed by atoms with Crippen LogP contribution < -0.4 is 14.8 Å². The van der Waals surface area contributed by atoms with E-state index in [9.17, 15) is 4.79 Å². The van der Waals surface area contributed by atoms with Crippen molar-refractivity contribution in [2.75, 3.05) is 19.0 Å². The second-order valence-electron chi connectivity index (χ2n) is 4.54. The van der Waals surface area contributed by atoms with Crippen LogP contribution in [0.25, 0.3) is 0 Å². The normalized spacial score (nSPS) is 10.4. The molecular formula is C15H17ClN2O3S. The molecular weight excluding hydrogens is 324 g/mol. The highest BCUT2D eigenvalue weighted by molar-refractivity contribution is 7.15. The molecule has 7 heteroatoms. The number of hydrogen-bond acceptors (Lipinski definition) is 5. The topological polar surface area (TPSA) is 60.5 Å². The van der Waals surface area contributed by atoms with E-state index in [1.165, 1.54) is 18.4 Å². The van der Waals surface area contributed by atoms with E-state index < -0.39 is 0 Å². The molecule has 0 bridgehead atoms. The lowest BCUT2D eigenvalue weighted by atomic mass is 10.2. The third-order valence-corrected chi connectivity index (χ3v) is 4.30. The number of nitrogens with one attached hydrogen (secondary N) is 1. The number of carbonyl (C=O) groups is 1. The minimum absolute atomic E-state index is 0.294. The Morgan fingerprint density at radius 3 is 2.68 bits per heavy atom. The molecule has 0 unspecified atom stereocenters. The first-order valence-electron chi connectivity index (χ1n) is 6.72. The van der Waals surface area contributed by atoms with Crippen LogP contribution in [0.1, 0.15) is 27.9 Å². The monoisotopic (exact) mass is 340 g/mol. The standard InChI is InChI=1S/C15H17ClN2O3S/c1-5-21-13-11(16)6-10(7-12(13)20-4)14(19)18-15-17-8(2)9(3)22-15/h6-7H,5H2,1-4H3,(H,17,18,19). The molecule has 1 aromatic carbocycles.